The molecule has 2 aliphatic rings. The van der Waals surface area contributed by atoms with Crippen LogP contribution in [-0.4, -0.2) is 40.4 Å². The van der Waals surface area contributed by atoms with Crippen LogP contribution in [0.2, 0.25) is 0 Å². The Morgan fingerprint density at radius 2 is 2.21 bits per heavy atom. The predicted octanol–water partition coefficient (Wildman–Crippen LogP) is 1.96. The van der Waals surface area contributed by atoms with Crippen molar-refractivity contribution >= 4 is 5.71 Å². The number of quaternary nitrogens is 1. The fourth-order valence-corrected chi connectivity index (χ4v) is 2.90. The van der Waals surface area contributed by atoms with E-state index in [1.54, 1.807) is 0 Å². The maximum absolute atomic E-state index is 2.40. The molecule has 2 rings (SSSR count). The Morgan fingerprint density at radius 1 is 1.50 bits per heavy atom. The lowest BCUT2D eigenvalue weighted by atomic mass is 10.2. The van der Waals surface area contributed by atoms with Gasteiger partial charge in [-0.1, -0.05) is 13.3 Å². The molecule has 0 aromatic rings. The smallest absolute Gasteiger partial charge is 0.226 e. The van der Waals surface area contributed by atoms with Crippen LogP contribution in [0.15, 0.2) is 12.4 Å². The second kappa shape index (κ2) is 3.20. The van der Waals surface area contributed by atoms with E-state index in [0.717, 1.165) is 12.1 Å². The average Bonchev–Trinajstić information content (AvgIpc) is 2.77. The summed E-state index contributed by atoms with van der Waals surface area (Å²) in [6.45, 7) is 8.26. The van der Waals surface area contributed by atoms with Crippen molar-refractivity contribution in [1.82, 2.24) is 0 Å². The Kier molecular flexibility index (Phi) is 2.26. The van der Waals surface area contributed by atoms with E-state index in [2.05, 4.69) is 44.8 Å². The van der Waals surface area contributed by atoms with Crippen molar-refractivity contribution in [2.24, 2.45) is 0 Å². The summed E-state index contributed by atoms with van der Waals surface area (Å²) in [5.74, 6) is 0. The highest BCUT2D eigenvalue weighted by Gasteiger charge is 2.67. The molecule has 0 spiro atoms. The minimum Gasteiger partial charge on any atom is -0.269 e. The normalized spacial score (nSPS) is 40.0. The highest BCUT2D eigenvalue weighted by molar-refractivity contribution is 5.85. The molecule has 0 aromatic carbocycles. The van der Waals surface area contributed by atoms with Crippen molar-refractivity contribution in [3.63, 3.8) is 0 Å². The molecule has 0 aliphatic carbocycles. The van der Waals surface area contributed by atoms with E-state index >= 15 is 0 Å². The van der Waals surface area contributed by atoms with Crippen LogP contribution >= 0.6 is 0 Å². The van der Waals surface area contributed by atoms with Gasteiger partial charge in [0.25, 0.3) is 0 Å². The molecule has 0 amide bonds. The van der Waals surface area contributed by atoms with Crippen LogP contribution in [0.3, 0.4) is 0 Å². The van der Waals surface area contributed by atoms with Crippen molar-refractivity contribution < 1.29 is 9.06 Å². The molecule has 2 heterocycles. The molecule has 0 radical (unpaired) electrons. The molecule has 1 saturated heterocycles. The molecule has 2 nitrogen and oxygen atoms in total. The standard InChI is InChI=1S/C12H22N2/c1-5-6-8-14-9-7-13(4)10(2)12(14)11(14)3/h7,9,11-12H,5-6,8H2,1-4H3/q+2. The SMILES string of the molecule is CCCC[N+]12C=C[N+](C)=C(C)C1C2C. The van der Waals surface area contributed by atoms with Gasteiger partial charge >= 0.3 is 0 Å². The fraction of sp³-hybridized carbons (Fsp3) is 0.750. The first-order valence-corrected chi connectivity index (χ1v) is 5.76. The molecule has 78 valence electrons. The summed E-state index contributed by atoms with van der Waals surface area (Å²) in [5.41, 5.74) is 1.54. The maximum atomic E-state index is 2.40. The van der Waals surface area contributed by atoms with Crippen molar-refractivity contribution in [1.29, 1.82) is 0 Å². The second-order valence-corrected chi connectivity index (χ2v) is 4.81. The summed E-state index contributed by atoms with van der Waals surface area (Å²) in [6, 6.07) is 1.58. The van der Waals surface area contributed by atoms with E-state index in [4.69, 9.17) is 0 Å². The van der Waals surface area contributed by atoms with Gasteiger partial charge in [-0.15, -0.1) is 0 Å². The Labute approximate surface area is 87.1 Å². The van der Waals surface area contributed by atoms with E-state index in [-0.39, 0.29) is 0 Å². The first-order chi connectivity index (χ1) is 6.63. The van der Waals surface area contributed by atoms with Gasteiger partial charge in [-0.05, 0) is 13.3 Å². The number of rotatable bonds is 3. The Hall–Kier alpha value is -0.630. The molecule has 2 heteroatoms. The summed E-state index contributed by atoms with van der Waals surface area (Å²) >= 11 is 0. The second-order valence-electron chi connectivity index (χ2n) is 4.81. The fourth-order valence-electron chi connectivity index (χ4n) is 2.90. The zero-order chi connectivity index (χ0) is 10.3. The molecular weight excluding hydrogens is 172 g/mol. The lowest BCUT2D eigenvalue weighted by Gasteiger charge is -2.16. The van der Waals surface area contributed by atoms with Crippen LogP contribution in [0.4, 0.5) is 0 Å². The van der Waals surface area contributed by atoms with Crippen molar-refractivity contribution in [2.75, 3.05) is 13.6 Å². The third-order valence-electron chi connectivity index (χ3n) is 4.09. The predicted molar refractivity (Wildman–Crippen MR) is 59.3 cm³/mol. The van der Waals surface area contributed by atoms with E-state index < -0.39 is 0 Å². The van der Waals surface area contributed by atoms with Gasteiger partial charge in [-0.3, -0.25) is 4.48 Å². The van der Waals surface area contributed by atoms with E-state index in [1.807, 2.05) is 0 Å². The lowest BCUT2D eigenvalue weighted by Crippen LogP contribution is -2.33. The van der Waals surface area contributed by atoms with Crippen LogP contribution in [-0.2, 0) is 0 Å². The van der Waals surface area contributed by atoms with Crippen LogP contribution in [0.1, 0.15) is 33.6 Å². The first kappa shape index (κ1) is 9.91. The molecule has 3 unspecified atom stereocenters. The third-order valence-corrected chi connectivity index (χ3v) is 4.09. The number of hydrogen-bond acceptors (Lipinski definition) is 0. The monoisotopic (exact) mass is 194 g/mol. The number of unbranched alkanes of at least 4 members (excludes halogenated alkanes) is 1. The highest BCUT2D eigenvalue weighted by Crippen LogP contribution is 2.43. The van der Waals surface area contributed by atoms with Crippen LogP contribution in [0, 0.1) is 0 Å². The molecule has 14 heavy (non-hydrogen) atoms. The Balaban J connectivity index is 2.16. The first-order valence-electron chi connectivity index (χ1n) is 5.76. The van der Waals surface area contributed by atoms with Gasteiger partial charge in [0.2, 0.25) is 18.0 Å². The van der Waals surface area contributed by atoms with Gasteiger partial charge in [0.15, 0.2) is 12.2 Å². The summed E-state index contributed by atoms with van der Waals surface area (Å²) < 4.78 is 3.50. The number of hydrogen-bond donors (Lipinski definition) is 0. The lowest BCUT2D eigenvalue weighted by molar-refractivity contribution is -0.774. The van der Waals surface area contributed by atoms with Crippen molar-refractivity contribution in [3.05, 3.63) is 12.4 Å². The van der Waals surface area contributed by atoms with Gasteiger partial charge in [0.1, 0.15) is 7.05 Å². The van der Waals surface area contributed by atoms with Gasteiger partial charge in [-0.25, -0.2) is 0 Å². The van der Waals surface area contributed by atoms with Crippen molar-refractivity contribution in [3.8, 4) is 0 Å². The quantitative estimate of drug-likeness (QED) is 0.367. The molecule has 0 bridgehead atoms. The van der Waals surface area contributed by atoms with Crippen molar-refractivity contribution in [2.45, 2.75) is 45.7 Å². The average molecular weight is 194 g/mol. The minimum absolute atomic E-state index is 0.775. The van der Waals surface area contributed by atoms with E-state index in [1.165, 1.54) is 29.6 Å². The zero-order valence-corrected chi connectivity index (χ0v) is 9.83. The maximum Gasteiger partial charge on any atom is 0.226 e. The van der Waals surface area contributed by atoms with E-state index in [9.17, 15) is 0 Å². The van der Waals surface area contributed by atoms with Crippen LogP contribution in [0.5, 0.6) is 0 Å². The Morgan fingerprint density at radius 3 is 2.86 bits per heavy atom. The number of fused-ring (bicyclic) bond motifs is 1. The topological polar surface area (TPSA) is 3.01 Å². The summed E-state index contributed by atoms with van der Waals surface area (Å²) in [4.78, 5) is 0. The van der Waals surface area contributed by atoms with Crippen LogP contribution < -0.4 is 0 Å². The van der Waals surface area contributed by atoms with E-state index in [0.29, 0.717) is 0 Å². The minimum atomic E-state index is 0.775. The summed E-state index contributed by atoms with van der Waals surface area (Å²) in [6.07, 6.45) is 7.30. The molecule has 0 N–H and O–H groups in total. The van der Waals surface area contributed by atoms with Crippen LogP contribution in [0.25, 0.3) is 0 Å². The molecular formula is C12H22N2+2. The van der Waals surface area contributed by atoms with Gasteiger partial charge in [-0.2, -0.15) is 4.58 Å². The molecule has 0 aromatic heterocycles. The van der Waals surface area contributed by atoms with Gasteiger partial charge in [0.05, 0.1) is 6.54 Å². The Bertz CT molecular complexity index is 303. The summed E-state index contributed by atoms with van der Waals surface area (Å²) in [5, 5.41) is 0. The third kappa shape index (κ3) is 1.17. The highest BCUT2D eigenvalue weighted by atomic mass is 15.5. The molecule has 3 atom stereocenters. The largest absolute Gasteiger partial charge is 0.269 e. The number of nitrogens with zero attached hydrogens (tertiary/aromatic N) is 2. The molecule has 0 saturated carbocycles. The summed E-state index contributed by atoms with van der Waals surface area (Å²) in [7, 11) is 2.16. The zero-order valence-electron chi connectivity index (χ0n) is 9.83. The van der Waals surface area contributed by atoms with Gasteiger partial charge < -0.3 is 0 Å². The molecule has 2 aliphatic heterocycles. The molecule has 1 fully saturated rings. The van der Waals surface area contributed by atoms with Gasteiger partial charge in [0, 0.05) is 6.92 Å².